The number of hydrogen-bond acceptors (Lipinski definition) is 5. The van der Waals surface area contributed by atoms with Gasteiger partial charge in [-0.1, -0.05) is 11.6 Å². The minimum Gasteiger partial charge on any atom is -0.439 e. The Hall–Kier alpha value is -3.98. The molecule has 0 saturated carbocycles. The van der Waals surface area contributed by atoms with Gasteiger partial charge in [0, 0.05) is 23.1 Å². The highest BCUT2D eigenvalue weighted by molar-refractivity contribution is 6.31. The predicted molar refractivity (Wildman–Crippen MR) is 124 cm³/mol. The maximum atomic E-state index is 13.2. The second kappa shape index (κ2) is 9.25. The van der Waals surface area contributed by atoms with Gasteiger partial charge in [0.25, 0.3) is 0 Å². The van der Waals surface area contributed by atoms with Crippen LogP contribution in [0.4, 0.5) is 20.6 Å². The van der Waals surface area contributed by atoms with Crippen molar-refractivity contribution in [3.63, 3.8) is 0 Å². The fraction of sp³-hybridized carbons (Fsp3) is 0.130. The molecule has 2 heterocycles. The predicted octanol–water partition coefficient (Wildman–Crippen LogP) is 5.82. The van der Waals surface area contributed by atoms with Gasteiger partial charge in [0.2, 0.25) is 5.88 Å². The molecule has 0 spiro atoms. The van der Waals surface area contributed by atoms with Crippen LogP contribution >= 0.6 is 11.6 Å². The quantitative estimate of drug-likeness (QED) is 0.386. The van der Waals surface area contributed by atoms with Gasteiger partial charge < -0.3 is 15.4 Å². The van der Waals surface area contributed by atoms with E-state index in [1.165, 1.54) is 18.2 Å². The smallest absolute Gasteiger partial charge is 0.323 e. The molecule has 8 nitrogen and oxygen atoms in total. The van der Waals surface area contributed by atoms with Crippen molar-refractivity contribution >= 4 is 29.0 Å². The van der Waals surface area contributed by atoms with Gasteiger partial charge in [0.05, 0.1) is 10.7 Å². The van der Waals surface area contributed by atoms with E-state index in [-0.39, 0.29) is 5.02 Å². The van der Waals surface area contributed by atoms with Crippen LogP contribution in [0, 0.1) is 26.6 Å². The van der Waals surface area contributed by atoms with E-state index in [0.717, 1.165) is 11.4 Å². The van der Waals surface area contributed by atoms with E-state index in [9.17, 15) is 9.18 Å². The molecule has 0 bridgehead atoms. The van der Waals surface area contributed by atoms with Crippen LogP contribution in [0.1, 0.15) is 17.2 Å². The first kappa shape index (κ1) is 22.2. The summed E-state index contributed by atoms with van der Waals surface area (Å²) in [5.74, 6) is 1.58. The van der Waals surface area contributed by atoms with Gasteiger partial charge >= 0.3 is 6.03 Å². The Labute approximate surface area is 194 Å². The van der Waals surface area contributed by atoms with Gasteiger partial charge in [0.1, 0.15) is 29.5 Å². The van der Waals surface area contributed by atoms with E-state index >= 15 is 0 Å². The number of halogens is 2. The SMILES string of the molecule is Cc1nc(Oc2ccc(NC(=O)Nc3ccc(F)c(Cl)c3)cc2)cc(-n2cnc(C)c2C)n1. The first-order chi connectivity index (χ1) is 15.8. The standard InChI is InChI=1S/C23H20ClFN6O2/c1-13-14(2)31(12-26-13)21-11-22(28-15(3)27-21)33-18-7-4-16(5-8-18)29-23(32)30-17-6-9-20(25)19(24)10-17/h4-12H,1-3H3,(H2,29,30,32). The Kier molecular flexibility index (Phi) is 6.23. The molecule has 33 heavy (non-hydrogen) atoms. The maximum absolute atomic E-state index is 13.2. The van der Waals surface area contributed by atoms with Crippen LogP contribution in [0.15, 0.2) is 54.9 Å². The third-order valence-electron chi connectivity index (χ3n) is 4.81. The van der Waals surface area contributed by atoms with E-state index in [4.69, 9.17) is 16.3 Å². The van der Waals surface area contributed by atoms with Crippen LogP contribution in [0.5, 0.6) is 11.6 Å². The average Bonchev–Trinajstić information content (AvgIpc) is 3.10. The molecule has 4 rings (SSSR count). The molecule has 2 N–H and O–H groups in total. The molecule has 2 aromatic heterocycles. The number of ether oxygens (including phenoxy) is 1. The van der Waals surface area contributed by atoms with Gasteiger partial charge in [0.15, 0.2) is 0 Å². The van der Waals surface area contributed by atoms with E-state index < -0.39 is 11.8 Å². The van der Waals surface area contributed by atoms with Crippen LogP contribution in [0.3, 0.4) is 0 Å². The van der Waals surface area contributed by atoms with Crippen molar-refractivity contribution in [3.8, 4) is 17.4 Å². The number of urea groups is 1. The number of nitrogens with zero attached hydrogens (tertiary/aromatic N) is 4. The number of amides is 2. The molecule has 0 unspecified atom stereocenters. The minimum absolute atomic E-state index is 0.0734. The molecule has 0 aliphatic heterocycles. The third kappa shape index (κ3) is 5.27. The average molecular weight is 467 g/mol. The topological polar surface area (TPSA) is 94.0 Å². The lowest BCUT2D eigenvalue weighted by atomic mass is 10.3. The molecule has 0 radical (unpaired) electrons. The van der Waals surface area contributed by atoms with Crippen molar-refractivity contribution in [1.29, 1.82) is 0 Å². The fourth-order valence-electron chi connectivity index (χ4n) is 3.02. The van der Waals surface area contributed by atoms with E-state index in [1.807, 2.05) is 18.4 Å². The van der Waals surface area contributed by atoms with E-state index in [1.54, 1.807) is 43.6 Å². The summed E-state index contributed by atoms with van der Waals surface area (Å²) in [4.78, 5) is 25.3. The molecule has 2 aromatic carbocycles. The lowest BCUT2D eigenvalue weighted by Gasteiger charge is -2.11. The molecular formula is C23H20ClFN6O2. The van der Waals surface area contributed by atoms with Crippen LogP contribution in [0.25, 0.3) is 5.82 Å². The van der Waals surface area contributed by atoms with Gasteiger partial charge in [-0.3, -0.25) is 4.57 Å². The normalized spacial score (nSPS) is 10.7. The summed E-state index contributed by atoms with van der Waals surface area (Å²) in [5.41, 5.74) is 2.81. The van der Waals surface area contributed by atoms with Gasteiger partial charge in [-0.15, -0.1) is 0 Å². The van der Waals surface area contributed by atoms with Crippen molar-refractivity contribution in [2.45, 2.75) is 20.8 Å². The Morgan fingerprint density at radius 1 is 1.00 bits per heavy atom. The van der Waals surface area contributed by atoms with Crippen molar-refractivity contribution in [3.05, 3.63) is 82.9 Å². The number of aryl methyl sites for hydroxylation is 2. The highest BCUT2D eigenvalue weighted by Gasteiger charge is 2.11. The summed E-state index contributed by atoms with van der Waals surface area (Å²) >= 11 is 5.73. The maximum Gasteiger partial charge on any atom is 0.323 e. The van der Waals surface area contributed by atoms with Gasteiger partial charge in [-0.05, 0) is 63.2 Å². The summed E-state index contributed by atoms with van der Waals surface area (Å²) in [6, 6.07) is 11.9. The Morgan fingerprint density at radius 2 is 1.70 bits per heavy atom. The molecular weight excluding hydrogens is 447 g/mol. The number of benzene rings is 2. The number of aromatic nitrogens is 4. The molecule has 0 fully saturated rings. The lowest BCUT2D eigenvalue weighted by Crippen LogP contribution is -2.19. The summed E-state index contributed by atoms with van der Waals surface area (Å²) in [6.07, 6.45) is 1.71. The largest absolute Gasteiger partial charge is 0.439 e. The zero-order chi connectivity index (χ0) is 23.5. The third-order valence-corrected chi connectivity index (χ3v) is 5.10. The number of carbonyl (C=O) groups is 1. The van der Waals surface area contributed by atoms with Crippen LogP contribution < -0.4 is 15.4 Å². The number of rotatable bonds is 5. The highest BCUT2D eigenvalue weighted by atomic mass is 35.5. The lowest BCUT2D eigenvalue weighted by molar-refractivity contribution is 0.262. The minimum atomic E-state index is -0.556. The Bertz CT molecular complexity index is 1320. The van der Waals surface area contributed by atoms with Crippen molar-refractivity contribution in [1.82, 2.24) is 19.5 Å². The molecule has 2 amide bonds. The Balaban J connectivity index is 1.43. The zero-order valence-electron chi connectivity index (χ0n) is 18.1. The van der Waals surface area contributed by atoms with Gasteiger partial charge in [-0.2, -0.15) is 4.98 Å². The Morgan fingerprint density at radius 3 is 2.36 bits per heavy atom. The zero-order valence-corrected chi connectivity index (χ0v) is 18.8. The monoisotopic (exact) mass is 466 g/mol. The van der Waals surface area contributed by atoms with E-state index in [2.05, 4.69) is 25.6 Å². The number of anilines is 2. The van der Waals surface area contributed by atoms with Gasteiger partial charge in [-0.25, -0.2) is 19.2 Å². The summed E-state index contributed by atoms with van der Waals surface area (Å²) < 4.78 is 21.0. The summed E-state index contributed by atoms with van der Waals surface area (Å²) in [7, 11) is 0. The molecule has 4 aromatic rings. The number of nitrogens with one attached hydrogen (secondary N) is 2. The number of imidazole rings is 1. The van der Waals surface area contributed by atoms with Crippen LogP contribution in [-0.4, -0.2) is 25.6 Å². The van der Waals surface area contributed by atoms with Crippen LogP contribution in [-0.2, 0) is 0 Å². The van der Waals surface area contributed by atoms with Crippen molar-refractivity contribution < 1.29 is 13.9 Å². The molecule has 168 valence electrons. The number of carbonyl (C=O) groups excluding carboxylic acids is 1. The van der Waals surface area contributed by atoms with Crippen molar-refractivity contribution in [2.75, 3.05) is 10.6 Å². The second-order valence-corrected chi connectivity index (χ2v) is 7.64. The first-order valence-electron chi connectivity index (χ1n) is 9.96. The van der Waals surface area contributed by atoms with E-state index in [0.29, 0.717) is 34.6 Å². The highest BCUT2D eigenvalue weighted by Crippen LogP contribution is 2.24. The fourth-order valence-corrected chi connectivity index (χ4v) is 3.21. The molecule has 0 aliphatic carbocycles. The van der Waals surface area contributed by atoms with Crippen molar-refractivity contribution in [2.24, 2.45) is 0 Å². The first-order valence-corrected chi connectivity index (χ1v) is 10.3. The molecule has 10 heteroatoms. The molecule has 0 saturated heterocycles. The molecule has 0 aliphatic rings. The number of hydrogen-bond donors (Lipinski definition) is 2. The molecule has 0 atom stereocenters. The second-order valence-electron chi connectivity index (χ2n) is 7.23. The summed E-state index contributed by atoms with van der Waals surface area (Å²) in [6.45, 7) is 5.68. The van der Waals surface area contributed by atoms with Crippen LogP contribution in [0.2, 0.25) is 5.02 Å². The summed E-state index contributed by atoms with van der Waals surface area (Å²) in [5, 5.41) is 5.20.